The van der Waals surface area contributed by atoms with Crippen molar-refractivity contribution in [1.82, 2.24) is 14.8 Å². The maximum absolute atomic E-state index is 13.5. The summed E-state index contributed by atoms with van der Waals surface area (Å²) in [7, 11) is 0. The van der Waals surface area contributed by atoms with Gasteiger partial charge in [-0.25, -0.2) is 9.07 Å². The summed E-state index contributed by atoms with van der Waals surface area (Å²) in [5.74, 6) is -0.431. The fraction of sp³-hybridized carbons (Fsp3) is 0. The Bertz CT molecular complexity index is 823. The maximum Gasteiger partial charge on any atom is 0.170 e. The van der Waals surface area contributed by atoms with E-state index in [0.29, 0.717) is 22.0 Å². The molecule has 0 atom stereocenters. The number of carbonyl (C=O) groups is 1. The Morgan fingerprint density at radius 1 is 1.27 bits per heavy atom. The summed E-state index contributed by atoms with van der Waals surface area (Å²) in [5.41, 5.74) is 0.618. The number of halogens is 2. The first kappa shape index (κ1) is 14.7. The third kappa shape index (κ3) is 3.03. The molecule has 110 valence electrons. The third-order valence-corrected chi connectivity index (χ3v) is 4.11. The second-order valence-corrected chi connectivity index (χ2v) is 5.82. The Morgan fingerprint density at radius 3 is 2.86 bits per heavy atom. The molecule has 0 bridgehead atoms. The first-order valence-corrected chi connectivity index (χ1v) is 7.45. The fourth-order valence-electron chi connectivity index (χ4n) is 1.86. The van der Waals surface area contributed by atoms with Crippen LogP contribution in [0.3, 0.4) is 0 Å². The Morgan fingerprint density at radius 2 is 2.14 bits per heavy atom. The number of benzene rings is 1. The highest BCUT2D eigenvalue weighted by Gasteiger charge is 2.14. The zero-order valence-corrected chi connectivity index (χ0v) is 12.7. The molecule has 0 radical (unpaired) electrons. The summed E-state index contributed by atoms with van der Waals surface area (Å²) in [6, 6.07) is 9.29. The smallest absolute Gasteiger partial charge is 0.170 e. The molecule has 0 unspecified atom stereocenters. The second-order valence-electron chi connectivity index (χ2n) is 4.32. The van der Waals surface area contributed by atoms with Crippen molar-refractivity contribution in [3.8, 4) is 5.69 Å². The molecular formula is C15H9ClFN3OS. The second kappa shape index (κ2) is 6.29. The lowest BCUT2D eigenvalue weighted by atomic mass is 10.3. The van der Waals surface area contributed by atoms with Gasteiger partial charge in [-0.1, -0.05) is 23.4 Å². The number of aromatic nitrogens is 3. The van der Waals surface area contributed by atoms with Crippen LogP contribution in [-0.4, -0.2) is 21.1 Å². The molecule has 0 aliphatic heterocycles. The van der Waals surface area contributed by atoms with Crippen LogP contribution in [0.25, 0.3) is 5.69 Å². The molecule has 3 aromatic rings. The van der Waals surface area contributed by atoms with Crippen LogP contribution in [0.1, 0.15) is 10.5 Å². The predicted octanol–water partition coefficient (Wildman–Crippen LogP) is 4.02. The Hall–Kier alpha value is -2.18. The molecule has 3 rings (SSSR count). The van der Waals surface area contributed by atoms with E-state index in [2.05, 4.69) is 10.1 Å². The minimum absolute atomic E-state index is 0.242. The molecule has 1 aromatic carbocycles. The van der Waals surface area contributed by atoms with Crippen LogP contribution in [-0.2, 0) is 0 Å². The van der Waals surface area contributed by atoms with Gasteiger partial charge in [-0.05, 0) is 24.3 Å². The summed E-state index contributed by atoms with van der Waals surface area (Å²) in [6.07, 6.45) is 3.99. The zero-order valence-electron chi connectivity index (χ0n) is 11.1. The molecule has 0 aliphatic rings. The lowest BCUT2D eigenvalue weighted by molar-refractivity contribution is 0.111. The van der Waals surface area contributed by atoms with Gasteiger partial charge in [0, 0.05) is 29.4 Å². The van der Waals surface area contributed by atoms with Gasteiger partial charge in [0.2, 0.25) is 0 Å². The van der Waals surface area contributed by atoms with Crippen LogP contribution in [0.15, 0.2) is 58.7 Å². The standard InChI is InChI=1S/C15H9ClFN3OS/c16-13-4-3-10(17)6-14(13)20-15(7-11(9-21)19-20)22-12-2-1-5-18-8-12/h1-9H. The molecular weight excluding hydrogens is 325 g/mol. The van der Waals surface area contributed by atoms with E-state index < -0.39 is 5.82 Å². The minimum Gasteiger partial charge on any atom is -0.296 e. The molecule has 0 saturated carbocycles. The molecule has 7 heteroatoms. The van der Waals surface area contributed by atoms with Crippen molar-refractivity contribution >= 4 is 29.6 Å². The van der Waals surface area contributed by atoms with Gasteiger partial charge in [0.05, 0.1) is 10.7 Å². The third-order valence-electron chi connectivity index (χ3n) is 2.81. The van der Waals surface area contributed by atoms with Gasteiger partial charge in [-0.2, -0.15) is 5.10 Å². The number of pyridine rings is 1. The number of hydrogen-bond acceptors (Lipinski definition) is 4. The van der Waals surface area contributed by atoms with Crippen LogP contribution in [0.5, 0.6) is 0 Å². The van der Waals surface area contributed by atoms with E-state index in [1.807, 2.05) is 6.07 Å². The SMILES string of the molecule is O=Cc1cc(Sc2cccnc2)n(-c2cc(F)ccc2Cl)n1. The molecule has 4 nitrogen and oxygen atoms in total. The van der Waals surface area contributed by atoms with Crippen molar-refractivity contribution < 1.29 is 9.18 Å². The normalized spacial score (nSPS) is 10.6. The molecule has 0 saturated heterocycles. The quantitative estimate of drug-likeness (QED) is 0.676. The van der Waals surface area contributed by atoms with Crippen LogP contribution in [0.2, 0.25) is 5.02 Å². The highest BCUT2D eigenvalue weighted by molar-refractivity contribution is 7.99. The zero-order chi connectivity index (χ0) is 15.5. The average Bonchev–Trinajstić information content (AvgIpc) is 2.93. The van der Waals surface area contributed by atoms with Crippen molar-refractivity contribution in [1.29, 1.82) is 0 Å². The first-order valence-electron chi connectivity index (χ1n) is 6.26. The van der Waals surface area contributed by atoms with Crippen molar-refractivity contribution in [3.63, 3.8) is 0 Å². The van der Waals surface area contributed by atoms with Gasteiger partial charge in [-0.15, -0.1) is 0 Å². The van der Waals surface area contributed by atoms with Gasteiger partial charge >= 0.3 is 0 Å². The van der Waals surface area contributed by atoms with Gasteiger partial charge < -0.3 is 0 Å². The molecule has 2 heterocycles. The molecule has 2 aromatic heterocycles. The van der Waals surface area contributed by atoms with E-state index in [1.54, 1.807) is 24.5 Å². The highest BCUT2D eigenvalue weighted by atomic mass is 35.5. The van der Waals surface area contributed by atoms with Crippen LogP contribution in [0, 0.1) is 5.82 Å². The Balaban J connectivity index is 2.09. The van der Waals surface area contributed by atoms with Gasteiger partial charge in [0.25, 0.3) is 0 Å². The topological polar surface area (TPSA) is 47.8 Å². The minimum atomic E-state index is -0.431. The van der Waals surface area contributed by atoms with E-state index in [1.165, 1.54) is 34.6 Å². The number of aldehydes is 1. The molecule has 0 N–H and O–H groups in total. The highest BCUT2D eigenvalue weighted by Crippen LogP contribution is 2.31. The van der Waals surface area contributed by atoms with E-state index in [4.69, 9.17) is 11.6 Å². The van der Waals surface area contributed by atoms with Crippen LogP contribution in [0.4, 0.5) is 4.39 Å². The van der Waals surface area contributed by atoms with E-state index in [0.717, 1.165) is 4.90 Å². The van der Waals surface area contributed by atoms with Gasteiger partial charge in [0.1, 0.15) is 16.5 Å². The Kier molecular flexibility index (Phi) is 4.22. The fourth-order valence-corrected chi connectivity index (χ4v) is 2.97. The predicted molar refractivity (Wildman–Crippen MR) is 82.3 cm³/mol. The number of hydrogen-bond donors (Lipinski definition) is 0. The summed E-state index contributed by atoms with van der Waals surface area (Å²) >= 11 is 7.48. The van der Waals surface area contributed by atoms with Crippen molar-refractivity contribution in [2.75, 3.05) is 0 Å². The largest absolute Gasteiger partial charge is 0.296 e. The molecule has 22 heavy (non-hydrogen) atoms. The summed E-state index contributed by atoms with van der Waals surface area (Å²) in [5, 5.41) is 5.14. The maximum atomic E-state index is 13.5. The van der Waals surface area contributed by atoms with Crippen molar-refractivity contribution in [3.05, 3.63) is 65.3 Å². The monoisotopic (exact) mass is 333 g/mol. The number of rotatable bonds is 4. The molecule has 0 aliphatic carbocycles. The van der Waals surface area contributed by atoms with Crippen molar-refractivity contribution in [2.24, 2.45) is 0 Å². The summed E-state index contributed by atoms with van der Waals surface area (Å²) < 4.78 is 14.9. The lowest BCUT2D eigenvalue weighted by Gasteiger charge is -2.08. The lowest BCUT2D eigenvalue weighted by Crippen LogP contribution is -2.00. The number of nitrogens with zero attached hydrogens (tertiary/aromatic N) is 3. The van der Waals surface area contributed by atoms with Gasteiger partial charge in [0.15, 0.2) is 6.29 Å². The van der Waals surface area contributed by atoms with E-state index in [-0.39, 0.29) is 5.69 Å². The van der Waals surface area contributed by atoms with Gasteiger partial charge in [-0.3, -0.25) is 9.78 Å². The molecule has 0 amide bonds. The van der Waals surface area contributed by atoms with Crippen LogP contribution < -0.4 is 0 Å². The number of carbonyl (C=O) groups excluding carboxylic acids is 1. The molecule has 0 spiro atoms. The summed E-state index contributed by atoms with van der Waals surface area (Å²) in [4.78, 5) is 15.9. The average molecular weight is 334 g/mol. The summed E-state index contributed by atoms with van der Waals surface area (Å²) in [6.45, 7) is 0. The van der Waals surface area contributed by atoms with E-state index >= 15 is 0 Å². The molecule has 0 fully saturated rings. The first-order chi connectivity index (χ1) is 10.7. The Labute approximate surface area is 134 Å². The van der Waals surface area contributed by atoms with Crippen molar-refractivity contribution in [2.45, 2.75) is 9.92 Å². The van der Waals surface area contributed by atoms with Crippen LogP contribution >= 0.6 is 23.4 Å². The van der Waals surface area contributed by atoms with E-state index in [9.17, 15) is 9.18 Å².